The molecule has 21 heavy (non-hydrogen) atoms. The highest BCUT2D eigenvalue weighted by molar-refractivity contribution is 8.00. The third-order valence-corrected chi connectivity index (χ3v) is 5.93. The number of nitrogens with two attached hydrogens (primary N) is 1. The van der Waals surface area contributed by atoms with Crippen LogP contribution < -0.4 is 5.73 Å². The highest BCUT2D eigenvalue weighted by Crippen LogP contribution is 2.34. The van der Waals surface area contributed by atoms with Crippen LogP contribution >= 0.6 is 47.0 Å². The summed E-state index contributed by atoms with van der Waals surface area (Å²) >= 11 is 6.76. The molecule has 0 amide bonds. The second-order valence-corrected chi connectivity index (χ2v) is 7.51. The Morgan fingerprint density at radius 2 is 1.67 bits per heavy atom. The largest absolute Gasteiger partial charge is 0.384 e. The number of nitrogens with zero attached hydrogens (tertiary/aromatic N) is 2. The molecule has 0 saturated heterocycles. The molecule has 0 fully saturated rings. The van der Waals surface area contributed by atoms with Crippen LogP contribution in [0.25, 0.3) is 0 Å². The molecule has 7 heteroatoms. The van der Waals surface area contributed by atoms with E-state index in [2.05, 4.69) is 40.7 Å². The van der Waals surface area contributed by atoms with Gasteiger partial charge in [0.1, 0.15) is 10.8 Å². The van der Waals surface area contributed by atoms with Gasteiger partial charge in [-0.1, -0.05) is 17.8 Å². The second kappa shape index (κ2) is 8.22. The zero-order valence-corrected chi connectivity index (χ0v) is 15.4. The minimum atomic E-state index is 0.528. The summed E-state index contributed by atoms with van der Waals surface area (Å²) in [6, 6.07) is 8.23. The Bertz CT molecular complexity index is 597. The smallest absolute Gasteiger partial charge is 0.190 e. The number of benzene rings is 1. The van der Waals surface area contributed by atoms with Crippen LogP contribution in [0.3, 0.4) is 0 Å². The van der Waals surface area contributed by atoms with Gasteiger partial charge in [-0.2, -0.15) is 0 Å². The number of nitrogen functional groups attached to an aromatic ring is 1. The monoisotopic (exact) mass is 355 g/mol. The fourth-order valence-electron chi connectivity index (χ4n) is 1.80. The van der Waals surface area contributed by atoms with E-state index in [-0.39, 0.29) is 0 Å². The zero-order valence-electron chi connectivity index (χ0n) is 12.1. The quantitative estimate of drug-likeness (QED) is 0.464. The first-order valence-corrected chi connectivity index (χ1v) is 10.8. The summed E-state index contributed by atoms with van der Waals surface area (Å²) in [5, 5.41) is 1.65. The van der Waals surface area contributed by atoms with Crippen LogP contribution in [0.2, 0.25) is 0 Å². The number of hydrogen-bond acceptors (Lipinski definition) is 7. The summed E-state index contributed by atoms with van der Waals surface area (Å²) in [6.07, 6.45) is 6.21. The maximum atomic E-state index is 5.83. The average molecular weight is 356 g/mol. The van der Waals surface area contributed by atoms with Gasteiger partial charge in [-0.25, -0.2) is 9.97 Å². The molecule has 0 aliphatic rings. The number of anilines is 1. The third kappa shape index (κ3) is 4.48. The van der Waals surface area contributed by atoms with Gasteiger partial charge in [-0.15, -0.1) is 35.3 Å². The number of aromatic nitrogens is 2. The molecule has 0 aliphatic heterocycles. The van der Waals surface area contributed by atoms with Crippen molar-refractivity contribution in [1.82, 2.24) is 9.97 Å². The van der Waals surface area contributed by atoms with E-state index in [4.69, 9.17) is 5.73 Å². The van der Waals surface area contributed by atoms with Crippen LogP contribution in [0.15, 0.2) is 44.2 Å². The Hall–Kier alpha value is -0.500. The van der Waals surface area contributed by atoms with E-state index in [0.717, 1.165) is 15.9 Å². The summed E-state index contributed by atoms with van der Waals surface area (Å²) in [5.74, 6) is 1.38. The van der Waals surface area contributed by atoms with Crippen molar-refractivity contribution in [2.75, 3.05) is 24.5 Å². The molecule has 0 atom stereocenters. The highest BCUT2D eigenvalue weighted by atomic mass is 32.2. The molecule has 2 N–H and O–H groups in total. The lowest BCUT2D eigenvalue weighted by atomic mass is 10.2. The predicted octanol–water partition coefficient (Wildman–Crippen LogP) is 4.52. The molecule has 0 unspecified atom stereocenters. The topological polar surface area (TPSA) is 51.8 Å². The fourth-order valence-corrected chi connectivity index (χ4v) is 4.72. The van der Waals surface area contributed by atoms with E-state index < -0.39 is 0 Å². The lowest BCUT2D eigenvalue weighted by Crippen LogP contribution is -1.97. The molecule has 2 aromatic rings. The maximum Gasteiger partial charge on any atom is 0.190 e. The van der Waals surface area contributed by atoms with E-state index in [1.54, 1.807) is 53.1 Å². The van der Waals surface area contributed by atoms with Gasteiger partial charge in [-0.05, 0) is 36.5 Å². The van der Waals surface area contributed by atoms with E-state index in [1.807, 2.05) is 6.26 Å². The van der Waals surface area contributed by atoms with Gasteiger partial charge in [0, 0.05) is 21.6 Å². The first kappa shape index (κ1) is 16.9. The van der Waals surface area contributed by atoms with Gasteiger partial charge < -0.3 is 5.73 Å². The van der Waals surface area contributed by atoms with Crippen molar-refractivity contribution in [2.45, 2.75) is 25.7 Å². The lowest BCUT2D eigenvalue weighted by Gasteiger charge is -2.11. The van der Waals surface area contributed by atoms with Crippen molar-refractivity contribution in [1.29, 1.82) is 0 Å². The molecular formula is C14H17N3S4. The summed E-state index contributed by atoms with van der Waals surface area (Å²) in [6.45, 7) is 0. The number of hydrogen-bond donors (Lipinski definition) is 1. The van der Waals surface area contributed by atoms with E-state index in [0.29, 0.717) is 5.82 Å². The Labute approximate surface area is 142 Å². The predicted molar refractivity (Wildman–Crippen MR) is 97.8 cm³/mol. The Balaban J connectivity index is 2.22. The van der Waals surface area contributed by atoms with Gasteiger partial charge in [0.25, 0.3) is 0 Å². The third-order valence-electron chi connectivity index (χ3n) is 2.79. The van der Waals surface area contributed by atoms with Crippen molar-refractivity contribution < 1.29 is 0 Å². The molecule has 112 valence electrons. The molecule has 2 rings (SSSR count). The van der Waals surface area contributed by atoms with Crippen LogP contribution in [-0.4, -0.2) is 28.7 Å². The normalized spacial score (nSPS) is 10.8. The SMILES string of the molecule is CSc1cc(N)nc(SCc2c(SC)cccc2SC)n1. The van der Waals surface area contributed by atoms with E-state index >= 15 is 0 Å². The van der Waals surface area contributed by atoms with Gasteiger partial charge in [0.2, 0.25) is 0 Å². The Morgan fingerprint density at radius 1 is 1.00 bits per heavy atom. The van der Waals surface area contributed by atoms with E-state index in [9.17, 15) is 0 Å². The average Bonchev–Trinajstić information content (AvgIpc) is 2.51. The van der Waals surface area contributed by atoms with Gasteiger partial charge in [0.05, 0.1) is 0 Å². The molecule has 0 spiro atoms. The van der Waals surface area contributed by atoms with Crippen LogP contribution in [0.5, 0.6) is 0 Å². The van der Waals surface area contributed by atoms with Crippen LogP contribution in [-0.2, 0) is 5.75 Å². The van der Waals surface area contributed by atoms with Crippen molar-refractivity contribution in [3.8, 4) is 0 Å². The fraction of sp³-hybridized carbons (Fsp3) is 0.286. The molecular weight excluding hydrogens is 338 g/mol. The molecule has 0 saturated carbocycles. The first-order chi connectivity index (χ1) is 10.2. The molecule has 1 aromatic carbocycles. The van der Waals surface area contributed by atoms with Crippen LogP contribution in [0.1, 0.15) is 5.56 Å². The summed E-state index contributed by atoms with van der Waals surface area (Å²) in [5.41, 5.74) is 7.18. The Morgan fingerprint density at radius 3 is 2.24 bits per heavy atom. The standard InChI is InChI=1S/C14H17N3S4/c1-18-10-5-4-6-11(19-2)9(10)8-21-14-16-12(15)7-13(17-14)20-3/h4-7H,8H2,1-3H3,(H2,15,16,17). The molecule has 3 nitrogen and oxygen atoms in total. The zero-order chi connectivity index (χ0) is 15.2. The maximum absolute atomic E-state index is 5.83. The number of rotatable bonds is 6. The Kier molecular flexibility index (Phi) is 6.60. The lowest BCUT2D eigenvalue weighted by molar-refractivity contribution is 0.899. The molecule has 0 aliphatic carbocycles. The number of thioether (sulfide) groups is 4. The minimum absolute atomic E-state index is 0.528. The van der Waals surface area contributed by atoms with Crippen molar-refractivity contribution in [3.63, 3.8) is 0 Å². The van der Waals surface area contributed by atoms with Gasteiger partial charge in [-0.3, -0.25) is 0 Å². The molecule has 0 radical (unpaired) electrons. The second-order valence-electron chi connectivity index (χ2n) is 4.05. The summed E-state index contributed by atoms with van der Waals surface area (Å²) < 4.78 is 0. The van der Waals surface area contributed by atoms with Gasteiger partial charge in [0.15, 0.2) is 5.16 Å². The summed E-state index contributed by atoms with van der Waals surface area (Å²) in [4.78, 5) is 11.4. The van der Waals surface area contributed by atoms with E-state index in [1.165, 1.54) is 15.4 Å². The van der Waals surface area contributed by atoms with Crippen molar-refractivity contribution in [3.05, 3.63) is 29.8 Å². The van der Waals surface area contributed by atoms with Crippen LogP contribution in [0.4, 0.5) is 5.82 Å². The van der Waals surface area contributed by atoms with Crippen molar-refractivity contribution in [2.24, 2.45) is 0 Å². The van der Waals surface area contributed by atoms with Crippen molar-refractivity contribution >= 4 is 52.9 Å². The first-order valence-electron chi connectivity index (χ1n) is 6.19. The minimum Gasteiger partial charge on any atom is -0.384 e. The van der Waals surface area contributed by atoms with Gasteiger partial charge >= 0.3 is 0 Å². The molecule has 0 bridgehead atoms. The molecule has 1 aromatic heterocycles. The molecule has 1 heterocycles. The summed E-state index contributed by atoms with van der Waals surface area (Å²) in [7, 11) is 0. The highest BCUT2D eigenvalue weighted by Gasteiger charge is 2.10. The van der Waals surface area contributed by atoms with Crippen LogP contribution in [0, 0.1) is 0 Å².